The average molecular weight is 332 g/mol. The smallest absolute Gasteiger partial charge is 0.406 e. The minimum Gasteiger partial charge on any atom is -0.406 e. The maximum atomic E-state index is 12.2. The summed E-state index contributed by atoms with van der Waals surface area (Å²) in [5, 5.41) is 2.48. The molecule has 0 saturated heterocycles. The number of H-pyrrole nitrogens is 1. The van der Waals surface area contributed by atoms with Gasteiger partial charge in [0.1, 0.15) is 11.6 Å². The summed E-state index contributed by atoms with van der Waals surface area (Å²) < 4.78 is 41.2. The zero-order chi connectivity index (χ0) is 16.5. The highest BCUT2D eigenvalue weighted by Crippen LogP contribution is 2.27. The highest BCUT2D eigenvalue weighted by atomic mass is 32.1. The van der Waals surface area contributed by atoms with Crippen molar-refractivity contribution in [1.82, 2.24) is 9.55 Å². The fraction of sp³-hybridized carbons (Fsp3) is 0.0909. The number of hydrogen-bond acceptors (Lipinski definition) is 6. The summed E-state index contributed by atoms with van der Waals surface area (Å²) in [5.41, 5.74) is 4.16. The summed E-state index contributed by atoms with van der Waals surface area (Å²) in [7, 11) is 0. The molecule has 0 aliphatic heterocycles. The molecule has 0 unspecified atom stereocenters. The molecule has 0 amide bonds. The lowest BCUT2D eigenvalue weighted by atomic mass is 10.3. The zero-order valence-electron chi connectivity index (χ0n) is 10.5. The van der Waals surface area contributed by atoms with Gasteiger partial charge in [0.05, 0.1) is 5.69 Å². The number of nitrogens with one attached hydrogen (secondary N) is 1. The molecule has 0 aliphatic carbocycles. The number of halogens is 3. The van der Waals surface area contributed by atoms with Crippen LogP contribution in [0.1, 0.15) is 0 Å². The van der Waals surface area contributed by atoms with Gasteiger partial charge in [0, 0.05) is 6.07 Å². The Balaban J connectivity index is 2.63. The van der Waals surface area contributed by atoms with Gasteiger partial charge < -0.3 is 10.5 Å². The minimum atomic E-state index is -4.87. The number of rotatable bonds is 3. The second kappa shape index (κ2) is 5.60. The van der Waals surface area contributed by atoms with E-state index in [0.717, 1.165) is 16.7 Å². The number of nitroso groups, excluding NO2 is 1. The van der Waals surface area contributed by atoms with E-state index in [4.69, 9.17) is 18.0 Å². The van der Waals surface area contributed by atoms with Crippen molar-refractivity contribution in [3.05, 3.63) is 44.3 Å². The summed E-state index contributed by atoms with van der Waals surface area (Å²) in [4.78, 5) is 24.2. The van der Waals surface area contributed by atoms with Gasteiger partial charge in [-0.3, -0.25) is 14.3 Å². The third kappa shape index (κ3) is 3.14. The summed E-state index contributed by atoms with van der Waals surface area (Å²) in [6.45, 7) is 0. The van der Waals surface area contributed by atoms with Gasteiger partial charge in [-0.1, -0.05) is 6.07 Å². The standard InChI is InChI=1S/C11H7F3N4O3S/c12-11(13,14)21-6-3-1-2-5(4-6)18-8(15)7(17-20)9(19)16-10(18)22/h1-4H,15H2,(H,16,19,22). The third-order valence-electron chi connectivity index (χ3n) is 2.52. The van der Waals surface area contributed by atoms with Crippen molar-refractivity contribution < 1.29 is 17.9 Å². The van der Waals surface area contributed by atoms with Crippen LogP contribution in [0.5, 0.6) is 5.75 Å². The molecular formula is C11H7F3N4O3S. The van der Waals surface area contributed by atoms with E-state index in [2.05, 4.69) is 14.9 Å². The molecule has 11 heteroatoms. The predicted octanol–water partition coefficient (Wildman–Crippen LogP) is 2.77. The minimum absolute atomic E-state index is 0.0606. The Morgan fingerprint density at radius 2 is 2.05 bits per heavy atom. The van der Waals surface area contributed by atoms with Crippen molar-refractivity contribution in [1.29, 1.82) is 0 Å². The molecule has 116 valence electrons. The molecule has 0 aliphatic rings. The van der Waals surface area contributed by atoms with Crippen LogP contribution in [0.2, 0.25) is 0 Å². The van der Waals surface area contributed by atoms with Crippen LogP contribution in [0.3, 0.4) is 0 Å². The van der Waals surface area contributed by atoms with Gasteiger partial charge >= 0.3 is 6.36 Å². The van der Waals surface area contributed by atoms with Crippen LogP contribution in [-0.2, 0) is 0 Å². The van der Waals surface area contributed by atoms with Gasteiger partial charge in [-0.2, -0.15) is 0 Å². The third-order valence-corrected chi connectivity index (χ3v) is 2.81. The van der Waals surface area contributed by atoms with Gasteiger partial charge in [0.25, 0.3) is 5.56 Å². The van der Waals surface area contributed by atoms with Crippen molar-refractivity contribution in [2.24, 2.45) is 5.18 Å². The first-order chi connectivity index (χ1) is 10.2. The second-order valence-electron chi connectivity index (χ2n) is 3.96. The number of nitrogens with two attached hydrogens (primary N) is 1. The Hall–Kier alpha value is -2.69. The van der Waals surface area contributed by atoms with Crippen LogP contribution in [0.15, 0.2) is 34.2 Å². The maximum absolute atomic E-state index is 12.2. The number of aromatic amines is 1. The number of alkyl halides is 3. The predicted molar refractivity (Wildman–Crippen MR) is 73.8 cm³/mol. The number of aromatic nitrogens is 2. The Kier molecular flexibility index (Phi) is 3.99. The molecule has 0 saturated carbocycles. The van der Waals surface area contributed by atoms with Crippen molar-refractivity contribution in [2.75, 3.05) is 5.73 Å². The van der Waals surface area contributed by atoms with Gasteiger partial charge in [-0.05, 0) is 29.5 Å². The first kappa shape index (κ1) is 15.7. The van der Waals surface area contributed by atoms with Gasteiger partial charge in [-0.25, -0.2) is 0 Å². The van der Waals surface area contributed by atoms with Crippen LogP contribution in [0, 0.1) is 9.68 Å². The number of hydrogen-bond donors (Lipinski definition) is 2. The molecule has 1 aromatic heterocycles. The van der Waals surface area contributed by atoms with E-state index in [9.17, 15) is 22.9 Å². The molecule has 0 fully saturated rings. The van der Waals surface area contributed by atoms with E-state index in [1.54, 1.807) is 0 Å². The van der Waals surface area contributed by atoms with Crippen molar-refractivity contribution in [3.8, 4) is 11.4 Å². The first-order valence-electron chi connectivity index (χ1n) is 5.57. The number of nitrogen functional groups attached to an aromatic ring is 1. The van der Waals surface area contributed by atoms with Crippen LogP contribution in [0.25, 0.3) is 5.69 Å². The van der Waals surface area contributed by atoms with E-state index in [-0.39, 0.29) is 10.5 Å². The summed E-state index contributed by atoms with van der Waals surface area (Å²) in [5.74, 6) is -0.911. The monoisotopic (exact) mass is 332 g/mol. The Morgan fingerprint density at radius 3 is 2.64 bits per heavy atom. The van der Waals surface area contributed by atoms with E-state index in [1.807, 2.05) is 0 Å². The van der Waals surface area contributed by atoms with Gasteiger partial charge in [0.15, 0.2) is 4.77 Å². The maximum Gasteiger partial charge on any atom is 0.573 e. The van der Waals surface area contributed by atoms with Crippen molar-refractivity contribution in [3.63, 3.8) is 0 Å². The Labute approximate surface area is 125 Å². The van der Waals surface area contributed by atoms with Crippen molar-refractivity contribution in [2.45, 2.75) is 6.36 Å². The Morgan fingerprint density at radius 1 is 1.36 bits per heavy atom. The largest absolute Gasteiger partial charge is 0.573 e. The number of nitrogens with zero attached hydrogens (tertiary/aromatic N) is 2. The summed E-state index contributed by atoms with van der Waals surface area (Å²) >= 11 is 4.89. The van der Waals surface area contributed by atoms with E-state index in [1.165, 1.54) is 12.1 Å². The van der Waals surface area contributed by atoms with E-state index < -0.39 is 29.2 Å². The molecule has 7 nitrogen and oxygen atoms in total. The molecule has 0 radical (unpaired) electrons. The topological polar surface area (TPSA) is 102 Å². The molecule has 2 rings (SSSR count). The second-order valence-corrected chi connectivity index (χ2v) is 4.35. The molecule has 3 N–H and O–H groups in total. The molecule has 1 heterocycles. The molecule has 0 spiro atoms. The highest BCUT2D eigenvalue weighted by molar-refractivity contribution is 7.71. The number of anilines is 1. The average Bonchev–Trinajstić information content (AvgIpc) is 2.37. The van der Waals surface area contributed by atoms with Crippen LogP contribution < -0.4 is 16.0 Å². The number of benzene rings is 1. The molecular weight excluding hydrogens is 325 g/mol. The van der Waals surface area contributed by atoms with Crippen LogP contribution in [-0.4, -0.2) is 15.9 Å². The molecule has 22 heavy (non-hydrogen) atoms. The van der Waals surface area contributed by atoms with E-state index in [0.29, 0.717) is 0 Å². The lowest BCUT2D eigenvalue weighted by molar-refractivity contribution is -0.274. The van der Waals surface area contributed by atoms with Crippen LogP contribution in [0.4, 0.5) is 24.7 Å². The zero-order valence-corrected chi connectivity index (χ0v) is 11.4. The van der Waals surface area contributed by atoms with Gasteiger partial charge in [-0.15, -0.1) is 18.1 Å². The first-order valence-corrected chi connectivity index (χ1v) is 5.98. The van der Waals surface area contributed by atoms with Crippen molar-refractivity contribution >= 4 is 23.7 Å². The highest BCUT2D eigenvalue weighted by Gasteiger charge is 2.31. The normalized spacial score (nSPS) is 11.2. The fourth-order valence-corrected chi connectivity index (χ4v) is 2.00. The molecule has 2 aromatic rings. The molecule has 0 atom stereocenters. The molecule has 0 bridgehead atoms. The quantitative estimate of drug-likeness (QED) is 0.664. The summed E-state index contributed by atoms with van der Waals surface area (Å²) in [6.07, 6.45) is -4.87. The van der Waals surface area contributed by atoms with Crippen LogP contribution >= 0.6 is 12.2 Å². The molecule has 1 aromatic carbocycles. The summed E-state index contributed by atoms with van der Waals surface area (Å²) in [6, 6.07) is 4.69. The van der Waals surface area contributed by atoms with Gasteiger partial charge in [0.2, 0.25) is 5.69 Å². The lowest BCUT2D eigenvalue weighted by Gasteiger charge is -2.13. The van der Waals surface area contributed by atoms with E-state index >= 15 is 0 Å². The number of ether oxygens (including phenoxy) is 1. The fourth-order valence-electron chi connectivity index (χ4n) is 1.71. The SMILES string of the molecule is Nc1c(N=O)c(=O)[nH]c(=S)n1-c1cccc(OC(F)(F)F)c1. The lowest BCUT2D eigenvalue weighted by Crippen LogP contribution is -2.18. The Bertz CT molecular complexity index is 844.